The number of amides is 2. The molecule has 3 rings (SSSR count). The van der Waals surface area contributed by atoms with Crippen molar-refractivity contribution in [1.29, 1.82) is 0 Å². The summed E-state index contributed by atoms with van der Waals surface area (Å²) in [5.74, 6) is -0.0146. The molecule has 0 spiro atoms. The van der Waals surface area contributed by atoms with Crippen LogP contribution in [0.5, 0.6) is 0 Å². The van der Waals surface area contributed by atoms with Gasteiger partial charge in [0.15, 0.2) is 0 Å². The van der Waals surface area contributed by atoms with E-state index in [1.54, 1.807) is 4.90 Å². The van der Waals surface area contributed by atoms with Gasteiger partial charge in [0.1, 0.15) is 5.60 Å². The third-order valence-electron chi connectivity index (χ3n) is 5.45. The number of hydrogen-bond donors (Lipinski definition) is 1. The maximum Gasteiger partial charge on any atom is 0.410 e. The summed E-state index contributed by atoms with van der Waals surface area (Å²) in [7, 11) is 0. The van der Waals surface area contributed by atoms with Crippen LogP contribution in [-0.2, 0) is 16.0 Å². The lowest BCUT2D eigenvalue weighted by atomic mass is 9.99. The first kappa shape index (κ1) is 23.8. The summed E-state index contributed by atoms with van der Waals surface area (Å²) in [5, 5.41) is 7.40. The van der Waals surface area contributed by atoms with Crippen molar-refractivity contribution in [2.24, 2.45) is 0 Å². The van der Waals surface area contributed by atoms with Crippen LogP contribution < -0.4 is 5.32 Å². The molecule has 0 unspecified atom stereocenters. The van der Waals surface area contributed by atoms with Gasteiger partial charge in [-0.3, -0.25) is 9.69 Å². The number of aromatic nitrogens is 2. The second-order valence-corrected chi connectivity index (χ2v) is 9.86. The SMILES string of the molecule is CC(C)(C)OC(=O)N1CCN(CC(=O)NCCc2cnn(-c3ccccc3)c2)C(C)(C)C1. The summed E-state index contributed by atoms with van der Waals surface area (Å²) in [5.41, 5.74) is 1.25. The summed E-state index contributed by atoms with van der Waals surface area (Å²) in [4.78, 5) is 28.8. The van der Waals surface area contributed by atoms with E-state index in [9.17, 15) is 9.59 Å². The molecule has 174 valence electrons. The number of carbonyl (C=O) groups excluding carboxylic acids is 2. The summed E-state index contributed by atoms with van der Waals surface area (Å²) < 4.78 is 7.33. The summed E-state index contributed by atoms with van der Waals surface area (Å²) in [6, 6.07) is 9.94. The number of nitrogens with one attached hydrogen (secondary N) is 1. The van der Waals surface area contributed by atoms with Crippen LogP contribution in [0.15, 0.2) is 42.7 Å². The number of ether oxygens (including phenoxy) is 1. The van der Waals surface area contributed by atoms with Gasteiger partial charge in [-0.05, 0) is 58.7 Å². The van der Waals surface area contributed by atoms with Gasteiger partial charge in [0.05, 0.1) is 18.4 Å². The van der Waals surface area contributed by atoms with Crippen molar-refractivity contribution >= 4 is 12.0 Å². The predicted octanol–water partition coefficient (Wildman–Crippen LogP) is 2.86. The molecule has 8 nitrogen and oxygen atoms in total. The van der Waals surface area contributed by atoms with Gasteiger partial charge in [0, 0.05) is 37.9 Å². The number of rotatable bonds is 6. The van der Waals surface area contributed by atoms with Gasteiger partial charge in [0.25, 0.3) is 0 Å². The third-order valence-corrected chi connectivity index (χ3v) is 5.45. The number of benzene rings is 1. The molecular weight excluding hydrogens is 406 g/mol. The lowest BCUT2D eigenvalue weighted by molar-refractivity contribution is -0.124. The van der Waals surface area contributed by atoms with Crippen molar-refractivity contribution in [2.75, 3.05) is 32.7 Å². The van der Waals surface area contributed by atoms with E-state index in [4.69, 9.17) is 4.74 Å². The van der Waals surface area contributed by atoms with Gasteiger partial charge < -0.3 is 15.0 Å². The summed E-state index contributed by atoms with van der Waals surface area (Å²) in [6.07, 6.45) is 4.23. The first-order valence-electron chi connectivity index (χ1n) is 11.1. The Hall–Kier alpha value is -2.87. The molecule has 2 aromatic rings. The first-order valence-corrected chi connectivity index (χ1v) is 11.1. The Bertz CT molecular complexity index is 917. The molecule has 0 atom stereocenters. The Morgan fingerprint density at radius 2 is 1.88 bits per heavy atom. The monoisotopic (exact) mass is 441 g/mol. The van der Waals surface area contributed by atoms with E-state index in [-0.39, 0.29) is 17.5 Å². The maximum atomic E-state index is 12.5. The van der Waals surface area contributed by atoms with Crippen LogP contribution in [0.4, 0.5) is 4.79 Å². The van der Waals surface area contributed by atoms with E-state index in [2.05, 4.69) is 29.2 Å². The third kappa shape index (κ3) is 6.56. The lowest BCUT2D eigenvalue weighted by Gasteiger charge is -2.46. The fourth-order valence-electron chi connectivity index (χ4n) is 3.75. The zero-order valence-electron chi connectivity index (χ0n) is 19.8. The molecule has 0 aliphatic carbocycles. The van der Waals surface area contributed by atoms with Crippen molar-refractivity contribution in [3.05, 3.63) is 48.3 Å². The van der Waals surface area contributed by atoms with Crippen LogP contribution in [-0.4, -0.2) is 75.4 Å². The fraction of sp³-hybridized carbons (Fsp3) is 0.542. The van der Waals surface area contributed by atoms with Crippen molar-refractivity contribution in [3.63, 3.8) is 0 Å². The van der Waals surface area contributed by atoms with Gasteiger partial charge in [-0.15, -0.1) is 0 Å². The molecule has 1 aliphatic rings. The molecule has 2 amide bonds. The molecule has 1 saturated heterocycles. The largest absolute Gasteiger partial charge is 0.444 e. The molecule has 1 N–H and O–H groups in total. The molecule has 32 heavy (non-hydrogen) atoms. The molecule has 1 fully saturated rings. The number of piperazine rings is 1. The Kier molecular flexibility index (Phi) is 7.23. The Morgan fingerprint density at radius 3 is 2.53 bits per heavy atom. The van der Waals surface area contributed by atoms with E-state index in [0.717, 1.165) is 11.3 Å². The van der Waals surface area contributed by atoms with Gasteiger partial charge >= 0.3 is 6.09 Å². The first-order chi connectivity index (χ1) is 15.0. The average molecular weight is 442 g/mol. The quantitative estimate of drug-likeness (QED) is 0.746. The van der Waals surface area contributed by atoms with Crippen molar-refractivity contribution < 1.29 is 14.3 Å². The van der Waals surface area contributed by atoms with Crippen LogP contribution in [0, 0.1) is 0 Å². The van der Waals surface area contributed by atoms with Gasteiger partial charge in [-0.2, -0.15) is 5.10 Å². The molecule has 2 heterocycles. The molecule has 1 aliphatic heterocycles. The minimum atomic E-state index is -0.518. The number of para-hydroxylation sites is 1. The molecule has 8 heteroatoms. The van der Waals surface area contributed by atoms with E-state index < -0.39 is 5.60 Å². The summed E-state index contributed by atoms with van der Waals surface area (Å²) >= 11 is 0. The number of hydrogen-bond acceptors (Lipinski definition) is 5. The average Bonchev–Trinajstić information content (AvgIpc) is 3.17. The van der Waals surface area contributed by atoms with Gasteiger partial charge in [-0.25, -0.2) is 9.48 Å². The van der Waals surface area contributed by atoms with Crippen LogP contribution in [0.1, 0.15) is 40.2 Å². The second-order valence-electron chi connectivity index (χ2n) is 9.86. The van der Waals surface area contributed by atoms with Crippen LogP contribution in [0.25, 0.3) is 5.69 Å². The zero-order chi connectivity index (χ0) is 23.4. The molecular formula is C24H35N5O3. The molecule has 0 saturated carbocycles. The van der Waals surface area contributed by atoms with E-state index >= 15 is 0 Å². The minimum Gasteiger partial charge on any atom is -0.444 e. The minimum absolute atomic E-state index is 0.0146. The van der Waals surface area contributed by atoms with Crippen molar-refractivity contribution in [1.82, 2.24) is 24.9 Å². The van der Waals surface area contributed by atoms with Crippen LogP contribution >= 0.6 is 0 Å². The molecule has 0 radical (unpaired) electrons. The smallest absolute Gasteiger partial charge is 0.410 e. The summed E-state index contributed by atoms with van der Waals surface area (Å²) in [6.45, 7) is 12.2. The highest BCUT2D eigenvalue weighted by Gasteiger charge is 2.37. The highest BCUT2D eigenvalue weighted by Crippen LogP contribution is 2.22. The standard InChI is InChI=1S/C24H35N5O3/c1-23(2,3)32-22(31)27-13-14-28(24(4,5)18-27)17-21(30)25-12-11-19-15-26-29(16-19)20-9-7-6-8-10-20/h6-10,15-16H,11-14,17-18H2,1-5H3,(H,25,30). The normalized spacial score (nSPS) is 16.6. The fourth-order valence-corrected chi connectivity index (χ4v) is 3.75. The van der Waals surface area contributed by atoms with Crippen LogP contribution in [0.2, 0.25) is 0 Å². The van der Waals surface area contributed by atoms with E-state index in [1.165, 1.54) is 0 Å². The van der Waals surface area contributed by atoms with Crippen molar-refractivity contribution in [2.45, 2.75) is 52.2 Å². The van der Waals surface area contributed by atoms with Crippen molar-refractivity contribution in [3.8, 4) is 5.69 Å². The molecule has 1 aromatic heterocycles. The highest BCUT2D eigenvalue weighted by atomic mass is 16.6. The second kappa shape index (κ2) is 9.73. The Balaban J connectivity index is 1.44. The Morgan fingerprint density at radius 1 is 1.16 bits per heavy atom. The zero-order valence-corrected chi connectivity index (χ0v) is 19.8. The topological polar surface area (TPSA) is 79.7 Å². The van der Waals surface area contributed by atoms with E-state index in [0.29, 0.717) is 39.1 Å². The maximum absolute atomic E-state index is 12.5. The lowest BCUT2D eigenvalue weighted by Crippen LogP contribution is -2.62. The molecule has 0 bridgehead atoms. The predicted molar refractivity (Wildman–Crippen MR) is 124 cm³/mol. The number of nitrogens with zero attached hydrogens (tertiary/aromatic N) is 4. The highest BCUT2D eigenvalue weighted by molar-refractivity contribution is 5.78. The Labute approximate surface area is 190 Å². The molecule has 1 aromatic carbocycles. The van der Waals surface area contributed by atoms with E-state index in [1.807, 2.05) is 68.2 Å². The van der Waals surface area contributed by atoms with Crippen LogP contribution in [0.3, 0.4) is 0 Å². The number of carbonyl (C=O) groups is 2. The van der Waals surface area contributed by atoms with Gasteiger partial charge in [-0.1, -0.05) is 18.2 Å². The van der Waals surface area contributed by atoms with Gasteiger partial charge in [0.2, 0.25) is 5.91 Å².